The average Bonchev–Trinajstić information content (AvgIpc) is 2.87. The van der Waals surface area contributed by atoms with Crippen LogP contribution in [0.4, 0.5) is 4.39 Å². The molecule has 3 aromatic carbocycles. The summed E-state index contributed by atoms with van der Waals surface area (Å²) in [6.07, 6.45) is 0.282. The zero-order valence-corrected chi connectivity index (χ0v) is 21.8. The largest absolute Gasteiger partial charge is 0.494 e. The van der Waals surface area contributed by atoms with Gasteiger partial charge in [-0.1, -0.05) is 71.7 Å². The number of aromatic nitrogens is 1. The van der Waals surface area contributed by atoms with Crippen LogP contribution in [-0.2, 0) is 13.0 Å². The van der Waals surface area contributed by atoms with Crippen molar-refractivity contribution >= 4 is 23.2 Å². The topological polar surface area (TPSA) is 57.2 Å². The highest BCUT2D eigenvalue weighted by Crippen LogP contribution is 2.33. The van der Waals surface area contributed by atoms with Crippen molar-refractivity contribution in [1.29, 1.82) is 0 Å². The third-order valence-electron chi connectivity index (χ3n) is 6.59. The van der Waals surface area contributed by atoms with Crippen LogP contribution in [0.15, 0.2) is 71.5 Å². The molecule has 1 heterocycles. The van der Waals surface area contributed by atoms with Crippen molar-refractivity contribution < 1.29 is 9.13 Å². The number of hydrogen-bond donors (Lipinski definition) is 1. The predicted octanol–water partition coefficient (Wildman–Crippen LogP) is 6.88. The molecular weight excluding hydrogens is 498 g/mol. The molecule has 0 spiro atoms. The molecular formula is C29H27Cl2FN2O2. The maximum absolute atomic E-state index is 15.4. The summed E-state index contributed by atoms with van der Waals surface area (Å²) in [5, 5.41) is 1.02. The molecule has 4 aromatic rings. The van der Waals surface area contributed by atoms with E-state index >= 15 is 4.39 Å². The Morgan fingerprint density at radius 1 is 0.917 bits per heavy atom. The minimum atomic E-state index is -0.593. The first-order valence-corrected chi connectivity index (χ1v) is 12.3. The van der Waals surface area contributed by atoms with Gasteiger partial charge in [0, 0.05) is 44.2 Å². The number of pyridine rings is 1. The number of rotatable bonds is 7. The lowest BCUT2D eigenvalue weighted by atomic mass is 9.93. The van der Waals surface area contributed by atoms with Gasteiger partial charge in [-0.3, -0.25) is 4.79 Å². The fraction of sp³-hybridized carbons (Fsp3) is 0.207. The van der Waals surface area contributed by atoms with E-state index < -0.39 is 11.9 Å². The third-order valence-corrected chi connectivity index (χ3v) is 7.30. The number of hydrogen-bond acceptors (Lipinski definition) is 3. The number of nitrogens with zero attached hydrogens (tertiary/aromatic N) is 1. The van der Waals surface area contributed by atoms with E-state index in [-0.39, 0.29) is 28.7 Å². The van der Waals surface area contributed by atoms with E-state index in [2.05, 4.69) is 0 Å². The Morgan fingerprint density at radius 2 is 1.56 bits per heavy atom. The molecule has 0 bridgehead atoms. The van der Waals surface area contributed by atoms with Gasteiger partial charge in [-0.05, 0) is 44.0 Å². The lowest BCUT2D eigenvalue weighted by Gasteiger charge is -2.24. The SMILES string of the molecule is COc1cccc(-c2c(C)n(Cc3c(Cl)cccc3Cl)c(C)c(CC(N)c3ccccc3)c2=O)c1F. The van der Waals surface area contributed by atoms with Crippen molar-refractivity contribution in [2.45, 2.75) is 32.9 Å². The fourth-order valence-electron chi connectivity index (χ4n) is 4.56. The summed E-state index contributed by atoms with van der Waals surface area (Å²) in [6, 6.07) is 19.3. The second kappa shape index (κ2) is 10.9. The van der Waals surface area contributed by atoms with Crippen LogP contribution in [0.3, 0.4) is 0 Å². The molecule has 1 unspecified atom stereocenters. The van der Waals surface area contributed by atoms with Crippen molar-refractivity contribution in [3.63, 3.8) is 0 Å². The summed E-state index contributed by atoms with van der Waals surface area (Å²) in [5.41, 5.74) is 10.2. The van der Waals surface area contributed by atoms with Crippen molar-refractivity contribution in [2.24, 2.45) is 5.73 Å². The minimum absolute atomic E-state index is 0.0649. The first-order chi connectivity index (χ1) is 17.2. The van der Waals surface area contributed by atoms with Crippen molar-refractivity contribution in [3.05, 3.63) is 121 Å². The molecule has 0 aliphatic rings. The third kappa shape index (κ3) is 4.92. The molecule has 0 fully saturated rings. The Kier molecular flexibility index (Phi) is 7.84. The molecule has 0 saturated carbocycles. The van der Waals surface area contributed by atoms with Crippen LogP contribution >= 0.6 is 23.2 Å². The Labute approximate surface area is 220 Å². The maximum atomic E-state index is 15.4. The Hall–Kier alpha value is -3.12. The average molecular weight is 525 g/mol. The van der Waals surface area contributed by atoms with Gasteiger partial charge < -0.3 is 15.0 Å². The molecule has 1 aromatic heterocycles. The molecule has 0 radical (unpaired) electrons. The summed E-state index contributed by atoms with van der Waals surface area (Å²) in [4.78, 5) is 13.9. The fourth-order valence-corrected chi connectivity index (χ4v) is 5.08. The highest BCUT2D eigenvalue weighted by molar-refractivity contribution is 6.36. The van der Waals surface area contributed by atoms with E-state index in [1.165, 1.54) is 13.2 Å². The second-order valence-corrected chi connectivity index (χ2v) is 9.50. The number of halogens is 3. The molecule has 0 saturated heterocycles. The summed E-state index contributed by atoms with van der Waals surface area (Å²) >= 11 is 13.0. The molecule has 4 rings (SSSR count). The van der Waals surface area contributed by atoms with Crippen LogP contribution < -0.4 is 15.9 Å². The predicted molar refractivity (Wildman–Crippen MR) is 145 cm³/mol. The first-order valence-electron chi connectivity index (χ1n) is 11.5. The van der Waals surface area contributed by atoms with Gasteiger partial charge in [0.25, 0.3) is 0 Å². The standard InChI is InChI=1S/C29H27Cl2FN2O2/c1-17-21(15-25(33)19-9-5-4-6-10-19)29(35)27(20-11-7-14-26(36-3)28(20)32)18(2)34(17)16-22-23(30)12-8-13-24(22)31/h4-14,25H,15-16,33H2,1-3H3. The number of benzene rings is 3. The van der Waals surface area contributed by atoms with Crippen molar-refractivity contribution in [3.8, 4) is 16.9 Å². The molecule has 0 aliphatic heterocycles. The van der Waals surface area contributed by atoms with Gasteiger partial charge in [-0.25, -0.2) is 4.39 Å². The summed E-state index contributed by atoms with van der Waals surface area (Å²) < 4.78 is 22.6. The smallest absolute Gasteiger partial charge is 0.193 e. The Bertz CT molecular complexity index is 1450. The number of methoxy groups -OCH3 is 1. The summed E-state index contributed by atoms with van der Waals surface area (Å²) in [7, 11) is 1.40. The quantitative estimate of drug-likeness (QED) is 0.286. The van der Waals surface area contributed by atoms with Crippen LogP contribution in [0.5, 0.6) is 5.75 Å². The molecule has 2 N–H and O–H groups in total. The summed E-state index contributed by atoms with van der Waals surface area (Å²) in [5.74, 6) is -0.528. The van der Waals surface area contributed by atoms with E-state index in [9.17, 15) is 4.79 Å². The number of nitrogens with two attached hydrogens (primary N) is 1. The van der Waals surface area contributed by atoms with Gasteiger partial charge in [0.15, 0.2) is 17.0 Å². The lowest BCUT2D eigenvalue weighted by Crippen LogP contribution is -2.27. The molecule has 0 amide bonds. The minimum Gasteiger partial charge on any atom is -0.494 e. The van der Waals surface area contributed by atoms with E-state index in [1.807, 2.05) is 41.8 Å². The van der Waals surface area contributed by atoms with Gasteiger partial charge in [-0.2, -0.15) is 0 Å². The molecule has 0 aliphatic carbocycles. The molecule has 1 atom stereocenters. The van der Waals surface area contributed by atoms with Gasteiger partial charge >= 0.3 is 0 Å². The lowest BCUT2D eigenvalue weighted by molar-refractivity contribution is 0.387. The van der Waals surface area contributed by atoms with E-state index in [4.69, 9.17) is 33.7 Å². The van der Waals surface area contributed by atoms with Gasteiger partial charge in [0.2, 0.25) is 0 Å². The monoisotopic (exact) mass is 524 g/mol. The molecule has 186 valence electrons. The van der Waals surface area contributed by atoms with Gasteiger partial charge in [-0.15, -0.1) is 0 Å². The van der Waals surface area contributed by atoms with E-state index in [1.54, 1.807) is 37.3 Å². The van der Waals surface area contributed by atoms with Crippen molar-refractivity contribution in [1.82, 2.24) is 4.57 Å². The number of ether oxygens (including phenoxy) is 1. The van der Waals surface area contributed by atoms with Crippen LogP contribution in [0.1, 0.15) is 34.1 Å². The molecule has 4 nitrogen and oxygen atoms in total. The van der Waals surface area contributed by atoms with Crippen molar-refractivity contribution in [2.75, 3.05) is 7.11 Å². The maximum Gasteiger partial charge on any atom is 0.193 e. The zero-order chi connectivity index (χ0) is 26.0. The Balaban J connectivity index is 1.96. The highest BCUT2D eigenvalue weighted by Gasteiger charge is 2.24. The highest BCUT2D eigenvalue weighted by atomic mass is 35.5. The van der Waals surface area contributed by atoms with E-state index in [0.29, 0.717) is 33.4 Å². The van der Waals surface area contributed by atoms with Crippen LogP contribution in [0.25, 0.3) is 11.1 Å². The second-order valence-electron chi connectivity index (χ2n) is 8.68. The van der Waals surface area contributed by atoms with E-state index in [0.717, 1.165) is 11.3 Å². The Morgan fingerprint density at radius 3 is 2.19 bits per heavy atom. The first kappa shape index (κ1) is 26.0. The molecule has 36 heavy (non-hydrogen) atoms. The van der Waals surface area contributed by atoms with Crippen LogP contribution in [-0.4, -0.2) is 11.7 Å². The van der Waals surface area contributed by atoms with Gasteiger partial charge in [0.05, 0.1) is 19.2 Å². The van der Waals surface area contributed by atoms with Crippen LogP contribution in [0, 0.1) is 19.7 Å². The van der Waals surface area contributed by atoms with Gasteiger partial charge in [0.1, 0.15) is 0 Å². The van der Waals surface area contributed by atoms with Crippen LogP contribution in [0.2, 0.25) is 10.0 Å². The molecule has 7 heteroatoms. The zero-order valence-electron chi connectivity index (χ0n) is 20.3. The normalized spacial score (nSPS) is 12.0. The summed E-state index contributed by atoms with van der Waals surface area (Å²) in [6.45, 7) is 3.98.